The van der Waals surface area contributed by atoms with Crippen LogP contribution in [0.1, 0.15) is 24.9 Å². The van der Waals surface area contributed by atoms with Gasteiger partial charge in [-0.3, -0.25) is 4.79 Å². The first kappa shape index (κ1) is 15.6. The maximum absolute atomic E-state index is 12.0. The number of nitrogens with one attached hydrogen (secondary N) is 2. The van der Waals surface area contributed by atoms with E-state index in [1.165, 1.54) is 0 Å². The van der Waals surface area contributed by atoms with Gasteiger partial charge in [0.25, 0.3) is 0 Å². The van der Waals surface area contributed by atoms with Crippen LogP contribution in [0.4, 0.5) is 0 Å². The predicted molar refractivity (Wildman–Crippen MR) is 80.2 cm³/mol. The second kappa shape index (κ2) is 7.27. The molecule has 4 nitrogen and oxygen atoms in total. The second-order valence-corrected chi connectivity index (χ2v) is 5.70. The molecule has 0 bridgehead atoms. The Hall–Kier alpha value is -0.810. The van der Waals surface area contributed by atoms with Crippen LogP contribution in [0.2, 0.25) is 10.0 Å². The number of hydrogen-bond donors (Lipinski definition) is 2. The number of hydrogen-bond acceptors (Lipinski definition) is 3. The summed E-state index contributed by atoms with van der Waals surface area (Å²) in [6.07, 6.45) is 0.291. The topological polar surface area (TPSA) is 50.4 Å². The third kappa shape index (κ3) is 4.35. The molecule has 0 radical (unpaired) electrons. The SMILES string of the molecule is CC(NC(=O)CC1CNCCO1)c1ccc(Cl)cc1Cl. The fourth-order valence-electron chi connectivity index (χ4n) is 2.19. The Kier molecular flexibility index (Phi) is 5.66. The number of ether oxygens (including phenoxy) is 1. The molecule has 0 aromatic heterocycles. The van der Waals surface area contributed by atoms with Gasteiger partial charge in [-0.15, -0.1) is 0 Å². The van der Waals surface area contributed by atoms with Crippen LogP contribution >= 0.6 is 23.2 Å². The molecule has 1 heterocycles. The number of rotatable bonds is 4. The lowest BCUT2D eigenvalue weighted by molar-refractivity contribution is -0.125. The van der Waals surface area contributed by atoms with Gasteiger partial charge in [0, 0.05) is 23.1 Å². The zero-order valence-electron chi connectivity index (χ0n) is 11.3. The molecule has 2 unspecified atom stereocenters. The van der Waals surface area contributed by atoms with Gasteiger partial charge in [0.15, 0.2) is 0 Å². The minimum Gasteiger partial charge on any atom is -0.375 e. The summed E-state index contributed by atoms with van der Waals surface area (Å²) >= 11 is 12.0. The average molecular weight is 317 g/mol. The lowest BCUT2D eigenvalue weighted by Crippen LogP contribution is -2.41. The van der Waals surface area contributed by atoms with E-state index in [-0.39, 0.29) is 18.1 Å². The van der Waals surface area contributed by atoms with Gasteiger partial charge >= 0.3 is 0 Å². The van der Waals surface area contributed by atoms with E-state index < -0.39 is 0 Å². The van der Waals surface area contributed by atoms with Gasteiger partial charge in [-0.2, -0.15) is 0 Å². The third-order valence-electron chi connectivity index (χ3n) is 3.22. The van der Waals surface area contributed by atoms with Gasteiger partial charge in [-0.05, 0) is 24.6 Å². The molecule has 0 saturated carbocycles. The highest BCUT2D eigenvalue weighted by Gasteiger charge is 2.19. The van der Waals surface area contributed by atoms with Crippen LogP contribution in [0.5, 0.6) is 0 Å². The predicted octanol–water partition coefficient (Wildman–Crippen LogP) is 2.55. The Balaban J connectivity index is 1.89. The lowest BCUT2D eigenvalue weighted by atomic mass is 10.1. The van der Waals surface area contributed by atoms with Crippen molar-refractivity contribution >= 4 is 29.1 Å². The minimum absolute atomic E-state index is 0.0442. The van der Waals surface area contributed by atoms with Crippen molar-refractivity contribution in [1.82, 2.24) is 10.6 Å². The highest BCUT2D eigenvalue weighted by Crippen LogP contribution is 2.26. The van der Waals surface area contributed by atoms with E-state index in [4.69, 9.17) is 27.9 Å². The molecule has 2 rings (SSSR count). The number of amides is 1. The van der Waals surface area contributed by atoms with Crippen LogP contribution in [0, 0.1) is 0 Å². The molecule has 1 saturated heterocycles. The summed E-state index contributed by atoms with van der Waals surface area (Å²) in [6.45, 7) is 4.10. The summed E-state index contributed by atoms with van der Waals surface area (Å²) in [5.41, 5.74) is 0.854. The molecule has 0 aliphatic carbocycles. The fraction of sp³-hybridized carbons (Fsp3) is 0.500. The normalized spacial score (nSPS) is 20.4. The van der Waals surface area contributed by atoms with Gasteiger partial charge in [0.05, 0.1) is 25.2 Å². The summed E-state index contributed by atoms with van der Waals surface area (Å²) in [6, 6.07) is 5.10. The van der Waals surface area contributed by atoms with Crippen LogP contribution in [0.15, 0.2) is 18.2 Å². The van der Waals surface area contributed by atoms with Gasteiger partial charge in [0.2, 0.25) is 5.91 Å². The first-order valence-corrected chi connectivity index (χ1v) is 7.38. The Morgan fingerprint density at radius 3 is 3.00 bits per heavy atom. The Labute approximate surface area is 128 Å². The molecule has 1 amide bonds. The van der Waals surface area contributed by atoms with Crippen molar-refractivity contribution in [1.29, 1.82) is 0 Å². The van der Waals surface area contributed by atoms with Crippen molar-refractivity contribution in [2.45, 2.75) is 25.5 Å². The molecule has 1 fully saturated rings. The van der Waals surface area contributed by atoms with E-state index in [0.29, 0.717) is 29.6 Å². The van der Waals surface area contributed by atoms with E-state index in [2.05, 4.69) is 10.6 Å². The van der Waals surface area contributed by atoms with Crippen molar-refractivity contribution in [2.75, 3.05) is 19.7 Å². The van der Waals surface area contributed by atoms with Crippen LogP contribution < -0.4 is 10.6 Å². The highest BCUT2D eigenvalue weighted by molar-refractivity contribution is 6.35. The molecule has 110 valence electrons. The first-order valence-electron chi connectivity index (χ1n) is 6.63. The van der Waals surface area contributed by atoms with Crippen molar-refractivity contribution in [3.63, 3.8) is 0 Å². The number of carbonyl (C=O) groups is 1. The van der Waals surface area contributed by atoms with Crippen LogP contribution in [-0.4, -0.2) is 31.7 Å². The maximum atomic E-state index is 12.0. The Morgan fingerprint density at radius 1 is 1.55 bits per heavy atom. The molecule has 20 heavy (non-hydrogen) atoms. The van der Waals surface area contributed by atoms with Crippen LogP contribution in [0.25, 0.3) is 0 Å². The summed E-state index contributed by atoms with van der Waals surface area (Å²) < 4.78 is 5.51. The summed E-state index contributed by atoms with van der Waals surface area (Å²) in [5.74, 6) is -0.0442. The van der Waals surface area contributed by atoms with Gasteiger partial charge in [-0.1, -0.05) is 29.3 Å². The fourth-order valence-corrected chi connectivity index (χ4v) is 2.76. The summed E-state index contributed by atoms with van der Waals surface area (Å²) in [5, 5.41) is 7.27. The van der Waals surface area contributed by atoms with Crippen molar-refractivity contribution in [3.05, 3.63) is 33.8 Å². The van der Waals surface area contributed by atoms with E-state index >= 15 is 0 Å². The van der Waals surface area contributed by atoms with Crippen LogP contribution in [0.3, 0.4) is 0 Å². The zero-order chi connectivity index (χ0) is 14.5. The number of carbonyl (C=O) groups excluding carboxylic acids is 1. The lowest BCUT2D eigenvalue weighted by Gasteiger charge is -2.24. The Bertz CT molecular complexity index is 476. The van der Waals surface area contributed by atoms with Crippen molar-refractivity contribution in [2.24, 2.45) is 0 Å². The van der Waals surface area contributed by atoms with Gasteiger partial charge < -0.3 is 15.4 Å². The largest absolute Gasteiger partial charge is 0.375 e. The van der Waals surface area contributed by atoms with Crippen molar-refractivity contribution < 1.29 is 9.53 Å². The summed E-state index contributed by atoms with van der Waals surface area (Å²) in [7, 11) is 0. The molecule has 1 aliphatic rings. The zero-order valence-corrected chi connectivity index (χ0v) is 12.8. The quantitative estimate of drug-likeness (QED) is 0.897. The van der Waals surface area contributed by atoms with Crippen LogP contribution in [-0.2, 0) is 9.53 Å². The highest BCUT2D eigenvalue weighted by atomic mass is 35.5. The third-order valence-corrected chi connectivity index (χ3v) is 3.79. The maximum Gasteiger partial charge on any atom is 0.223 e. The van der Waals surface area contributed by atoms with E-state index in [1.807, 2.05) is 13.0 Å². The number of halogens is 2. The molecule has 6 heteroatoms. The van der Waals surface area contributed by atoms with Crippen molar-refractivity contribution in [3.8, 4) is 0 Å². The monoisotopic (exact) mass is 316 g/mol. The molecule has 2 N–H and O–H groups in total. The van der Waals surface area contributed by atoms with Gasteiger partial charge in [0.1, 0.15) is 0 Å². The molecule has 1 aliphatic heterocycles. The first-order chi connectivity index (χ1) is 9.56. The number of morpholine rings is 1. The Morgan fingerprint density at radius 2 is 2.35 bits per heavy atom. The number of benzene rings is 1. The van der Waals surface area contributed by atoms with E-state index in [1.54, 1.807) is 12.1 Å². The summed E-state index contributed by atoms with van der Waals surface area (Å²) in [4.78, 5) is 12.0. The molecular weight excluding hydrogens is 299 g/mol. The molecule has 0 spiro atoms. The molecular formula is C14H18Cl2N2O2. The molecule has 1 aromatic rings. The smallest absolute Gasteiger partial charge is 0.223 e. The molecule has 2 atom stereocenters. The standard InChI is InChI=1S/C14H18Cl2N2O2/c1-9(12-3-2-10(15)6-13(12)16)18-14(19)7-11-8-17-4-5-20-11/h2-3,6,9,11,17H,4-5,7-8H2,1H3,(H,18,19). The van der Waals surface area contributed by atoms with E-state index in [9.17, 15) is 4.79 Å². The molecule has 1 aromatic carbocycles. The minimum atomic E-state index is -0.163. The van der Waals surface area contributed by atoms with Gasteiger partial charge in [-0.25, -0.2) is 0 Å². The van der Waals surface area contributed by atoms with E-state index in [0.717, 1.165) is 12.1 Å². The average Bonchev–Trinajstić information content (AvgIpc) is 2.39. The second-order valence-electron chi connectivity index (χ2n) is 4.86.